The highest BCUT2D eigenvalue weighted by molar-refractivity contribution is 5.79. The van der Waals surface area contributed by atoms with Gasteiger partial charge in [0.25, 0.3) is 0 Å². The Morgan fingerprint density at radius 2 is 1.97 bits per heavy atom. The lowest BCUT2D eigenvalue weighted by molar-refractivity contribution is -0.140. The molecule has 0 unspecified atom stereocenters. The molecule has 0 spiro atoms. The van der Waals surface area contributed by atoms with E-state index in [1.807, 2.05) is 42.2 Å². The first-order valence-electron chi connectivity index (χ1n) is 12.6. The van der Waals surface area contributed by atoms with Crippen LogP contribution >= 0.6 is 0 Å². The number of para-hydroxylation sites is 1. The molecule has 7 heteroatoms. The van der Waals surface area contributed by atoms with Gasteiger partial charge in [0.15, 0.2) is 0 Å². The zero-order valence-corrected chi connectivity index (χ0v) is 20.2. The molecule has 3 aromatic rings. The summed E-state index contributed by atoms with van der Waals surface area (Å²) in [5.74, 6) is 0.793. The van der Waals surface area contributed by atoms with E-state index >= 15 is 0 Å². The lowest BCUT2D eigenvalue weighted by Crippen LogP contribution is -2.42. The van der Waals surface area contributed by atoms with Crippen LogP contribution in [0.25, 0.3) is 5.69 Å². The molecule has 0 N–H and O–H groups in total. The summed E-state index contributed by atoms with van der Waals surface area (Å²) in [6.45, 7) is 3.74. The van der Waals surface area contributed by atoms with Crippen LogP contribution in [0, 0.1) is 11.7 Å². The molecular weight excluding hydrogens is 445 g/mol. The molecule has 1 amide bonds. The second kappa shape index (κ2) is 10.6. The minimum atomic E-state index is -0.370. The number of halogens is 1. The van der Waals surface area contributed by atoms with Crippen LogP contribution in [0.3, 0.4) is 0 Å². The van der Waals surface area contributed by atoms with Crippen LogP contribution in [0.5, 0.6) is 11.6 Å². The summed E-state index contributed by atoms with van der Waals surface area (Å²) in [4.78, 5) is 15.4. The maximum Gasteiger partial charge on any atom is 0.227 e. The van der Waals surface area contributed by atoms with Crippen molar-refractivity contribution in [2.24, 2.45) is 5.92 Å². The Hall–Kier alpha value is -3.19. The second-order valence-electron chi connectivity index (χ2n) is 9.37. The molecule has 0 radical (unpaired) electrons. The Morgan fingerprint density at radius 1 is 1.14 bits per heavy atom. The number of hydrogen-bond acceptors (Lipinski definition) is 4. The third kappa shape index (κ3) is 5.25. The number of ether oxygens (including phenoxy) is 2. The molecule has 35 heavy (non-hydrogen) atoms. The van der Waals surface area contributed by atoms with E-state index in [1.165, 1.54) is 12.1 Å². The Kier molecular flexibility index (Phi) is 7.13. The highest BCUT2D eigenvalue weighted by Gasteiger charge is 2.33. The standard InChI is InChI=1S/C28H32FN3O3/c1-2-26-25(19-31(18-24-15-8-16-34-24)27(33)20-9-6-10-20)28(35-23-14-7-11-21(29)17-23)32(30-26)22-12-4-3-5-13-22/h3-5,7,11-14,17,20,24H,2,6,8-10,15-16,18-19H2,1H3/t24-/m1/s1. The normalized spacial score (nSPS) is 17.8. The summed E-state index contributed by atoms with van der Waals surface area (Å²) in [5.41, 5.74) is 2.56. The van der Waals surface area contributed by atoms with Gasteiger partial charge < -0.3 is 14.4 Å². The number of benzene rings is 2. The van der Waals surface area contributed by atoms with Gasteiger partial charge in [0.2, 0.25) is 11.8 Å². The fourth-order valence-corrected chi connectivity index (χ4v) is 4.78. The molecule has 1 saturated heterocycles. The first-order chi connectivity index (χ1) is 17.1. The summed E-state index contributed by atoms with van der Waals surface area (Å²) in [6.07, 6.45) is 5.71. The second-order valence-corrected chi connectivity index (χ2v) is 9.37. The molecule has 1 aliphatic carbocycles. The van der Waals surface area contributed by atoms with Crippen molar-refractivity contribution >= 4 is 5.91 Å². The third-order valence-corrected chi connectivity index (χ3v) is 6.93. The Labute approximate surface area is 205 Å². The van der Waals surface area contributed by atoms with Gasteiger partial charge in [-0.25, -0.2) is 9.07 Å². The van der Waals surface area contributed by atoms with Crippen LogP contribution in [-0.4, -0.2) is 39.8 Å². The summed E-state index contributed by atoms with van der Waals surface area (Å²) >= 11 is 0. The molecule has 0 bridgehead atoms. The zero-order valence-electron chi connectivity index (χ0n) is 20.2. The number of hydrogen-bond donors (Lipinski definition) is 0. The van der Waals surface area contributed by atoms with Crippen molar-refractivity contribution in [2.45, 2.75) is 58.1 Å². The Bertz CT molecular complexity index is 1150. The average molecular weight is 478 g/mol. The molecule has 184 valence electrons. The number of amides is 1. The largest absolute Gasteiger partial charge is 0.438 e. The number of carbonyl (C=O) groups is 1. The summed E-state index contributed by atoms with van der Waals surface area (Å²) < 4.78 is 27.9. The maximum atomic E-state index is 14.0. The van der Waals surface area contributed by atoms with E-state index in [0.717, 1.165) is 55.7 Å². The zero-order chi connectivity index (χ0) is 24.2. The van der Waals surface area contributed by atoms with Crippen LogP contribution in [-0.2, 0) is 22.5 Å². The van der Waals surface area contributed by atoms with E-state index in [-0.39, 0.29) is 23.7 Å². The first kappa shape index (κ1) is 23.5. The topological polar surface area (TPSA) is 56.6 Å². The lowest BCUT2D eigenvalue weighted by atomic mass is 9.84. The lowest BCUT2D eigenvalue weighted by Gasteiger charge is -2.33. The predicted octanol–water partition coefficient (Wildman–Crippen LogP) is 5.67. The maximum absolute atomic E-state index is 14.0. The smallest absolute Gasteiger partial charge is 0.227 e. The van der Waals surface area contributed by atoms with Gasteiger partial charge in [-0.2, -0.15) is 5.10 Å². The molecule has 2 aliphatic rings. The van der Waals surface area contributed by atoms with Crippen LogP contribution in [0.4, 0.5) is 4.39 Å². The van der Waals surface area contributed by atoms with Crippen molar-refractivity contribution in [2.75, 3.05) is 13.2 Å². The highest BCUT2D eigenvalue weighted by Crippen LogP contribution is 2.35. The average Bonchev–Trinajstić information content (AvgIpc) is 3.46. The van der Waals surface area contributed by atoms with Gasteiger partial charge in [0, 0.05) is 25.1 Å². The quantitative estimate of drug-likeness (QED) is 0.398. The van der Waals surface area contributed by atoms with Gasteiger partial charge in [0.1, 0.15) is 11.6 Å². The van der Waals surface area contributed by atoms with Crippen molar-refractivity contribution in [1.29, 1.82) is 0 Å². The van der Waals surface area contributed by atoms with Crippen LogP contribution in [0.15, 0.2) is 54.6 Å². The van der Waals surface area contributed by atoms with Crippen molar-refractivity contribution in [1.82, 2.24) is 14.7 Å². The van der Waals surface area contributed by atoms with Crippen molar-refractivity contribution in [3.63, 3.8) is 0 Å². The van der Waals surface area contributed by atoms with Crippen molar-refractivity contribution < 1.29 is 18.7 Å². The number of nitrogens with zero attached hydrogens (tertiary/aromatic N) is 3. The van der Waals surface area contributed by atoms with Gasteiger partial charge in [0.05, 0.1) is 29.6 Å². The van der Waals surface area contributed by atoms with E-state index in [0.29, 0.717) is 31.1 Å². The Morgan fingerprint density at radius 3 is 2.63 bits per heavy atom. The van der Waals surface area contributed by atoms with Crippen LogP contribution < -0.4 is 4.74 Å². The molecular formula is C28H32FN3O3. The molecule has 1 saturated carbocycles. The summed E-state index contributed by atoms with van der Waals surface area (Å²) in [5, 5.41) is 4.87. The minimum Gasteiger partial charge on any atom is -0.438 e. The first-order valence-corrected chi connectivity index (χ1v) is 12.6. The Balaban J connectivity index is 1.54. The molecule has 6 nitrogen and oxygen atoms in total. The number of rotatable bonds is 9. The molecule has 1 aromatic heterocycles. The molecule has 1 aliphatic heterocycles. The van der Waals surface area contributed by atoms with Crippen molar-refractivity contribution in [3.05, 3.63) is 71.7 Å². The van der Waals surface area contributed by atoms with E-state index in [2.05, 4.69) is 0 Å². The van der Waals surface area contributed by atoms with Gasteiger partial charge in [-0.1, -0.05) is 37.6 Å². The number of aryl methyl sites for hydroxylation is 1. The minimum absolute atomic E-state index is 0.0564. The van der Waals surface area contributed by atoms with E-state index in [4.69, 9.17) is 14.6 Å². The number of aromatic nitrogens is 2. The van der Waals surface area contributed by atoms with Crippen LogP contribution in [0.1, 0.15) is 50.3 Å². The van der Waals surface area contributed by atoms with Crippen LogP contribution in [0.2, 0.25) is 0 Å². The predicted molar refractivity (Wildman–Crippen MR) is 131 cm³/mol. The molecule has 1 atom stereocenters. The molecule has 2 heterocycles. The van der Waals surface area contributed by atoms with E-state index in [1.54, 1.807) is 16.8 Å². The van der Waals surface area contributed by atoms with Crippen molar-refractivity contribution in [3.8, 4) is 17.3 Å². The molecule has 2 fully saturated rings. The van der Waals surface area contributed by atoms with E-state index in [9.17, 15) is 9.18 Å². The third-order valence-electron chi connectivity index (χ3n) is 6.93. The van der Waals surface area contributed by atoms with E-state index < -0.39 is 0 Å². The SMILES string of the molecule is CCc1nn(-c2ccccc2)c(Oc2cccc(F)c2)c1CN(C[C@H]1CCCO1)C(=O)C1CCC1. The molecule has 5 rings (SSSR count). The van der Waals surface area contributed by atoms with Gasteiger partial charge >= 0.3 is 0 Å². The van der Waals surface area contributed by atoms with Gasteiger partial charge in [-0.3, -0.25) is 4.79 Å². The van der Waals surface area contributed by atoms with Gasteiger partial charge in [-0.15, -0.1) is 0 Å². The number of carbonyl (C=O) groups excluding carboxylic acids is 1. The van der Waals surface area contributed by atoms with Gasteiger partial charge in [-0.05, 0) is 56.4 Å². The fraction of sp³-hybridized carbons (Fsp3) is 0.429. The summed E-state index contributed by atoms with van der Waals surface area (Å²) in [7, 11) is 0. The monoisotopic (exact) mass is 477 g/mol. The fourth-order valence-electron chi connectivity index (χ4n) is 4.78. The highest BCUT2D eigenvalue weighted by atomic mass is 19.1. The molecule has 2 aromatic carbocycles. The summed E-state index contributed by atoms with van der Waals surface area (Å²) in [6, 6.07) is 15.8.